The number of ether oxygens (including phenoxy) is 2. The number of amides is 3. The SMILES string of the molecule is CC(C)NC(=O)Nc1ccc2c(c1)C(=O)N([C@@H](C)CO)C[C@@H](C)[C@@H](CN(C)S(=O)(=O)c1cn(C)cn1)OCCCC[C@H](C)O2. The second-order valence-electron chi connectivity index (χ2n) is 11.9. The van der Waals surface area contributed by atoms with Crippen LogP contribution < -0.4 is 15.4 Å². The average Bonchev–Trinajstić information content (AvgIpc) is 3.41. The van der Waals surface area contributed by atoms with E-state index in [9.17, 15) is 23.1 Å². The van der Waals surface area contributed by atoms with Crippen molar-refractivity contribution in [2.45, 2.75) is 83.2 Å². The lowest BCUT2D eigenvalue weighted by atomic mass is 10.0. The van der Waals surface area contributed by atoms with Crippen molar-refractivity contribution in [2.75, 3.05) is 38.7 Å². The number of anilines is 1. The van der Waals surface area contributed by atoms with Crippen molar-refractivity contribution in [3.8, 4) is 5.75 Å². The van der Waals surface area contributed by atoms with Crippen LogP contribution in [0.5, 0.6) is 5.75 Å². The fourth-order valence-electron chi connectivity index (χ4n) is 4.93. The van der Waals surface area contributed by atoms with E-state index < -0.39 is 34.1 Å². The number of aryl methyl sites for hydroxylation is 1. The Labute approximate surface area is 261 Å². The molecule has 0 aliphatic carbocycles. The highest BCUT2D eigenvalue weighted by Crippen LogP contribution is 2.29. The van der Waals surface area contributed by atoms with Crippen molar-refractivity contribution >= 4 is 27.6 Å². The van der Waals surface area contributed by atoms with Gasteiger partial charge in [-0.2, -0.15) is 4.31 Å². The number of carbonyl (C=O) groups is 2. The van der Waals surface area contributed by atoms with Gasteiger partial charge in [0.15, 0.2) is 5.03 Å². The van der Waals surface area contributed by atoms with Crippen LogP contribution in [0.25, 0.3) is 0 Å². The molecule has 0 bridgehead atoms. The van der Waals surface area contributed by atoms with Gasteiger partial charge >= 0.3 is 6.03 Å². The third-order valence-electron chi connectivity index (χ3n) is 7.52. The first-order valence-electron chi connectivity index (χ1n) is 15.1. The maximum Gasteiger partial charge on any atom is 0.319 e. The number of aliphatic hydroxyl groups is 1. The van der Waals surface area contributed by atoms with Crippen molar-refractivity contribution in [1.82, 2.24) is 24.1 Å². The minimum absolute atomic E-state index is 0.0464. The zero-order valence-corrected chi connectivity index (χ0v) is 27.6. The second kappa shape index (κ2) is 15.7. The summed E-state index contributed by atoms with van der Waals surface area (Å²) >= 11 is 0. The lowest BCUT2D eigenvalue weighted by Gasteiger charge is -2.35. The summed E-state index contributed by atoms with van der Waals surface area (Å²) in [5.41, 5.74) is 0.663. The first kappa shape index (κ1) is 35.3. The Morgan fingerprint density at radius 3 is 2.59 bits per heavy atom. The van der Waals surface area contributed by atoms with E-state index in [2.05, 4.69) is 15.6 Å². The molecule has 4 atom stereocenters. The minimum atomic E-state index is -3.87. The predicted octanol–water partition coefficient (Wildman–Crippen LogP) is 3.07. The smallest absolute Gasteiger partial charge is 0.319 e. The van der Waals surface area contributed by atoms with Gasteiger partial charge in [0.1, 0.15) is 5.75 Å². The molecule has 0 unspecified atom stereocenters. The summed E-state index contributed by atoms with van der Waals surface area (Å²) in [7, 11) is -0.682. The van der Waals surface area contributed by atoms with Gasteiger partial charge in [0.05, 0.1) is 36.7 Å². The van der Waals surface area contributed by atoms with Gasteiger partial charge in [0.25, 0.3) is 15.9 Å². The summed E-state index contributed by atoms with van der Waals surface area (Å²) in [6.07, 6.45) is 4.37. The van der Waals surface area contributed by atoms with Gasteiger partial charge < -0.3 is 34.7 Å². The molecule has 13 nitrogen and oxygen atoms in total. The Morgan fingerprint density at radius 2 is 1.95 bits per heavy atom. The molecule has 3 amide bonds. The van der Waals surface area contributed by atoms with Crippen molar-refractivity contribution in [2.24, 2.45) is 13.0 Å². The summed E-state index contributed by atoms with van der Waals surface area (Å²) in [6, 6.07) is 3.90. The van der Waals surface area contributed by atoms with E-state index in [1.807, 2.05) is 27.7 Å². The van der Waals surface area contributed by atoms with Crippen LogP contribution in [0.3, 0.4) is 0 Å². The Hall–Kier alpha value is -3.20. The molecule has 246 valence electrons. The van der Waals surface area contributed by atoms with Crippen molar-refractivity contribution < 1.29 is 32.6 Å². The number of aromatic nitrogens is 2. The van der Waals surface area contributed by atoms with E-state index in [0.717, 1.165) is 12.8 Å². The normalized spacial score (nSPS) is 21.4. The number of carbonyl (C=O) groups excluding carboxylic acids is 2. The van der Waals surface area contributed by atoms with Crippen LogP contribution in [0, 0.1) is 5.92 Å². The summed E-state index contributed by atoms with van der Waals surface area (Å²) in [4.78, 5) is 32.2. The van der Waals surface area contributed by atoms with Crippen LogP contribution in [-0.4, -0.2) is 102 Å². The molecule has 0 spiro atoms. The van der Waals surface area contributed by atoms with E-state index >= 15 is 0 Å². The highest BCUT2D eigenvalue weighted by molar-refractivity contribution is 7.89. The number of aliphatic hydroxyl groups excluding tert-OH is 1. The fourth-order valence-corrected chi connectivity index (χ4v) is 6.07. The molecule has 2 heterocycles. The number of likely N-dealkylation sites (N-methyl/N-ethyl adjacent to an activating group) is 1. The summed E-state index contributed by atoms with van der Waals surface area (Å²) in [6.45, 7) is 9.59. The predicted molar refractivity (Wildman–Crippen MR) is 167 cm³/mol. The van der Waals surface area contributed by atoms with Gasteiger partial charge in [-0.25, -0.2) is 18.2 Å². The molecule has 2 aromatic rings. The monoisotopic (exact) mass is 636 g/mol. The van der Waals surface area contributed by atoms with Crippen molar-refractivity contribution in [3.63, 3.8) is 0 Å². The Balaban J connectivity index is 1.96. The molecule has 0 fully saturated rings. The maximum absolute atomic E-state index is 14.2. The standard InChI is InChI=1S/C30H48N6O7S/c1-20(2)32-30(39)33-24-11-12-26-25(14-24)29(38)36(22(4)18-37)15-21(3)27(42-13-9-8-10-23(5)43-26)16-35(7)44(40,41)28-17-34(6)19-31-28/h11-12,14,17,19-23,27,37H,8-10,13,15-16,18H2,1-7H3,(H2,32,33,39)/t21-,22+,23+,27-/m1/s1. The molecule has 44 heavy (non-hydrogen) atoms. The Morgan fingerprint density at radius 1 is 1.23 bits per heavy atom. The van der Waals surface area contributed by atoms with Crippen LogP contribution in [0.2, 0.25) is 0 Å². The van der Waals surface area contributed by atoms with E-state index in [4.69, 9.17) is 9.47 Å². The number of imidazole rings is 1. The van der Waals surface area contributed by atoms with Gasteiger partial charge in [0.2, 0.25) is 0 Å². The number of fused-ring (bicyclic) bond motifs is 1. The maximum atomic E-state index is 14.2. The van der Waals surface area contributed by atoms with E-state index in [0.29, 0.717) is 24.5 Å². The summed E-state index contributed by atoms with van der Waals surface area (Å²) < 4.78 is 41.8. The minimum Gasteiger partial charge on any atom is -0.490 e. The fraction of sp³-hybridized carbons (Fsp3) is 0.633. The lowest BCUT2D eigenvalue weighted by molar-refractivity contribution is -0.00835. The largest absolute Gasteiger partial charge is 0.490 e. The number of hydrogen-bond donors (Lipinski definition) is 3. The summed E-state index contributed by atoms with van der Waals surface area (Å²) in [5, 5.41) is 15.6. The van der Waals surface area contributed by atoms with Crippen LogP contribution in [0.4, 0.5) is 10.5 Å². The molecule has 1 aromatic heterocycles. The van der Waals surface area contributed by atoms with Gasteiger partial charge in [-0.05, 0) is 65.2 Å². The van der Waals surface area contributed by atoms with E-state index in [1.165, 1.54) is 23.9 Å². The molecule has 1 aliphatic rings. The molecule has 14 heteroatoms. The van der Waals surface area contributed by atoms with E-state index in [-0.39, 0.29) is 48.3 Å². The van der Waals surface area contributed by atoms with Gasteiger partial charge in [0, 0.05) is 57.6 Å². The molecule has 3 rings (SSSR count). The molecule has 0 radical (unpaired) electrons. The molecule has 3 N–H and O–H groups in total. The van der Waals surface area contributed by atoms with Crippen molar-refractivity contribution in [3.05, 3.63) is 36.3 Å². The number of nitrogens with one attached hydrogen (secondary N) is 2. The highest BCUT2D eigenvalue weighted by atomic mass is 32.2. The molecule has 1 aliphatic heterocycles. The van der Waals surface area contributed by atoms with Gasteiger partial charge in [-0.15, -0.1) is 0 Å². The zero-order valence-electron chi connectivity index (χ0n) is 26.8. The number of sulfonamides is 1. The van der Waals surface area contributed by atoms with Gasteiger partial charge in [-0.3, -0.25) is 4.79 Å². The van der Waals surface area contributed by atoms with Gasteiger partial charge in [-0.1, -0.05) is 6.92 Å². The average molecular weight is 637 g/mol. The topological polar surface area (TPSA) is 155 Å². The quantitative estimate of drug-likeness (QED) is 0.399. The highest BCUT2D eigenvalue weighted by Gasteiger charge is 2.33. The summed E-state index contributed by atoms with van der Waals surface area (Å²) in [5.74, 6) is -0.330. The number of hydrogen-bond acceptors (Lipinski definition) is 8. The number of nitrogens with zero attached hydrogens (tertiary/aromatic N) is 4. The first-order chi connectivity index (χ1) is 20.7. The zero-order chi connectivity index (χ0) is 32.6. The molecule has 0 saturated heterocycles. The van der Waals surface area contributed by atoms with Crippen LogP contribution in [-0.2, 0) is 21.8 Å². The first-order valence-corrected chi connectivity index (χ1v) is 16.5. The Bertz CT molecular complexity index is 1370. The van der Waals surface area contributed by atoms with Crippen LogP contribution in [0.15, 0.2) is 35.7 Å². The molecule has 1 aromatic carbocycles. The van der Waals surface area contributed by atoms with Crippen molar-refractivity contribution in [1.29, 1.82) is 0 Å². The van der Waals surface area contributed by atoms with E-state index in [1.54, 1.807) is 41.6 Å². The molecular weight excluding hydrogens is 588 g/mol. The molecule has 0 saturated carbocycles. The third-order valence-corrected chi connectivity index (χ3v) is 9.23. The number of rotatable bonds is 8. The van der Waals surface area contributed by atoms with Crippen LogP contribution in [0.1, 0.15) is 64.2 Å². The number of urea groups is 1. The van der Waals surface area contributed by atoms with Crippen LogP contribution >= 0.6 is 0 Å². The second-order valence-corrected chi connectivity index (χ2v) is 13.9. The number of benzene rings is 1. The third kappa shape index (κ3) is 9.40. The Kier molecular flexibility index (Phi) is 12.6. The molecular formula is C30H48N6O7S. The lowest BCUT2D eigenvalue weighted by Crippen LogP contribution is -2.48.